The fourth-order valence-electron chi connectivity index (χ4n) is 2.63. The lowest BCUT2D eigenvalue weighted by Gasteiger charge is -2.32. The van der Waals surface area contributed by atoms with E-state index in [1.807, 2.05) is 17.9 Å². The number of hydrogen-bond acceptors (Lipinski definition) is 3. The van der Waals surface area contributed by atoms with Crippen molar-refractivity contribution >= 4 is 0 Å². The maximum Gasteiger partial charge on any atom is 0.0492 e. The molecule has 0 radical (unpaired) electrons. The molecule has 0 spiro atoms. The highest BCUT2D eigenvalue weighted by Gasteiger charge is 2.18. The van der Waals surface area contributed by atoms with Crippen LogP contribution in [0.4, 0.5) is 0 Å². The summed E-state index contributed by atoms with van der Waals surface area (Å²) >= 11 is 0. The molecular weight excluding hydrogens is 224 g/mol. The number of likely N-dealkylation sites (tertiary alicyclic amines) is 1. The summed E-state index contributed by atoms with van der Waals surface area (Å²) < 4.78 is 1.98. The molecule has 0 amide bonds. The summed E-state index contributed by atoms with van der Waals surface area (Å²) in [7, 11) is 2.02. The van der Waals surface area contributed by atoms with Gasteiger partial charge in [-0.25, -0.2) is 0 Å². The van der Waals surface area contributed by atoms with Crippen LogP contribution in [0.5, 0.6) is 0 Å². The van der Waals surface area contributed by atoms with Gasteiger partial charge < -0.3 is 10.2 Å². The minimum atomic E-state index is 0.748. The van der Waals surface area contributed by atoms with Crippen LogP contribution < -0.4 is 5.32 Å². The molecule has 0 aliphatic carbocycles. The summed E-state index contributed by atoms with van der Waals surface area (Å²) in [6.45, 7) is 7.04. The highest BCUT2D eigenvalue weighted by molar-refractivity contribution is 5.00. The molecule has 0 saturated carbocycles. The molecule has 102 valence electrons. The van der Waals surface area contributed by atoms with Crippen LogP contribution in [0.2, 0.25) is 0 Å². The van der Waals surface area contributed by atoms with Crippen molar-refractivity contribution in [3.8, 4) is 0 Å². The summed E-state index contributed by atoms with van der Waals surface area (Å²) in [6, 6.07) is 2.87. The van der Waals surface area contributed by atoms with Gasteiger partial charge in [0.25, 0.3) is 0 Å². The van der Waals surface area contributed by atoms with Crippen molar-refractivity contribution in [2.24, 2.45) is 7.05 Å². The number of hydrogen-bond donors (Lipinski definition) is 1. The molecule has 1 fully saturated rings. The van der Waals surface area contributed by atoms with Gasteiger partial charge in [0, 0.05) is 37.9 Å². The lowest BCUT2D eigenvalue weighted by Crippen LogP contribution is -2.43. The minimum absolute atomic E-state index is 0.748. The quantitative estimate of drug-likeness (QED) is 0.829. The Kier molecular flexibility index (Phi) is 5.20. The van der Waals surface area contributed by atoms with Crippen molar-refractivity contribution in [1.82, 2.24) is 20.0 Å². The Morgan fingerprint density at radius 1 is 1.39 bits per heavy atom. The number of rotatable bonds is 6. The third kappa shape index (κ3) is 3.82. The Labute approximate surface area is 110 Å². The zero-order valence-electron chi connectivity index (χ0n) is 11.7. The van der Waals surface area contributed by atoms with Crippen LogP contribution in [-0.2, 0) is 13.5 Å². The van der Waals surface area contributed by atoms with Gasteiger partial charge in [-0.15, -0.1) is 0 Å². The van der Waals surface area contributed by atoms with Crippen LogP contribution in [0.15, 0.2) is 12.3 Å². The van der Waals surface area contributed by atoms with Gasteiger partial charge in [-0.1, -0.05) is 6.92 Å². The molecule has 2 heterocycles. The molecular formula is C14H26N4. The van der Waals surface area contributed by atoms with Crippen LogP contribution in [0.1, 0.15) is 31.9 Å². The third-order valence-electron chi connectivity index (χ3n) is 3.88. The molecule has 1 saturated heterocycles. The lowest BCUT2D eigenvalue weighted by atomic mass is 10.0. The van der Waals surface area contributed by atoms with Gasteiger partial charge in [0.2, 0.25) is 0 Å². The Bertz CT molecular complexity index is 339. The van der Waals surface area contributed by atoms with E-state index in [2.05, 4.69) is 28.3 Å². The van der Waals surface area contributed by atoms with E-state index in [-0.39, 0.29) is 0 Å². The molecule has 1 aromatic heterocycles. The van der Waals surface area contributed by atoms with E-state index in [4.69, 9.17) is 0 Å². The van der Waals surface area contributed by atoms with Crippen molar-refractivity contribution in [3.05, 3.63) is 18.0 Å². The van der Waals surface area contributed by atoms with Crippen molar-refractivity contribution < 1.29 is 0 Å². The van der Waals surface area contributed by atoms with Crippen LogP contribution >= 0.6 is 0 Å². The fourth-order valence-corrected chi connectivity index (χ4v) is 2.63. The number of aromatic nitrogens is 2. The molecule has 0 unspecified atom stereocenters. The first-order valence-corrected chi connectivity index (χ1v) is 7.22. The van der Waals surface area contributed by atoms with Gasteiger partial charge in [0.1, 0.15) is 0 Å². The van der Waals surface area contributed by atoms with Gasteiger partial charge >= 0.3 is 0 Å². The maximum atomic E-state index is 4.21. The number of nitrogens with zero attached hydrogens (tertiary/aromatic N) is 3. The first-order chi connectivity index (χ1) is 8.79. The van der Waals surface area contributed by atoms with Gasteiger partial charge in [-0.3, -0.25) is 4.68 Å². The SMILES string of the molecule is CCCNC1CCN(CCc2ccnn2C)CC1. The fraction of sp³-hybridized carbons (Fsp3) is 0.786. The second-order valence-electron chi connectivity index (χ2n) is 5.27. The van der Waals surface area contributed by atoms with E-state index in [0.717, 1.165) is 12.5 Å². The van der Waals surface area contributed by atoms with Gasteiger partial charge in [0.15, 0.2) is 0 Å². The summed E-state index contributed by atoms with van der Waals surface area (Å²) in [6.07, 6.45) is 6.83. The Morgan fingerprint density at radius 2 is 2.17 bits per heavy atom. The highest BCUT2D eigenvalue weighted by atomic mass is 15.3. The zero-order chi connectivity index (χ0) is 12.8. The van der Waals surface area contributed by atoms with Gasteiger partial charge in [-0.2, -0.15) is 5.10 Å². The van der Waals surface area contributed by atoms with Crippen LogP contribution in [0.3, 0.4) is 0 Å². The van der Waals surface area contributed by atoms with E-state index in [1.54, 1.807) is 0 Å². The molecule has 1 aliphatic rings. The number of nitrogens with one attached hydrogen (secondary N) is 1. The van der Waals surface area contributed by atoms with Crippen molar-refractivity contribution in [3.63, 3.8) is 0 Å². The smallest absolute Gasteiger partial charge is 0.0492 e. The largest absolute Gasteiger partial charge is 0.314 e. The predicted octanol–water partition coefficient (Wildman–Crippen LogP) is 1.43. The van der Waals surface area contributed by atoms with Gasteiger partial charge in [0.05, 0.1) is 0 Å². The minimum Gasteiger partial charge on any atom is -0.314 e. The monoisotopic (exact) mass is 250 g/mol. The molecule has 0 bridgehead atoms. The summed E-state index contributed by atoms with van der Waals surface area (Å²) in [4.78, 5) is 2.58. The van der Waals surface area contributed by atoms with E-state index in [9.17, 15) is 0 Å². The Hall–Kier alpha value is -0.870. The zero-order valence-corrected chi connectivity index (χ0v) is 11.7. The number of piperidine rings is 1. The molecule has 0 atom stereocenters. The van der Waals surface area contributed by atoms with Crippen molar-refractivity contribution in [2.45, 2.75) is 38.6 Å². The third-order valence-corrected chi connectivity index (χ3v) is 3.88. The maximum absolute atomic E-state index is 4.21. The van der Waals surface area contributed by atoms with Crippen LogP contribution in [0.25, 0.3) is 0 Å². The molecule has 1 N–H and O–H groups in total. The molecule has 18 heavy (non-hydrogen) atoms. The van der Waals surface area contributed by atoms with Crippen LogP contribution in [0, 0.1) is 0 Å². The molecule has 4 nitrogen and oxygen atoms in total. The van der Waals surface area contributed by atoms with Crippen LogP contribution in [-0.4, -0.2) is 46.9 Å². The second kappa shape index (κ2) is 6.90. The Balaban J connectivity index is 1.66. The molecule has 4 heteroatoms. The second-order valence-corrected chi connectivity index (χ2v) is 5.27. The topological polar surface area (TPSA) is 33.1 Å². The summed E-state index contributed by atoms with van der Waals surface area (Å²) in [5.41, 5.74) is 1.33. The average molecular weight is 250 g/mol. The predicted molar refractivity (Wildman–Crippen MR) is 74.7 cm³/mol. The number of aryl methyl sites for hydroxylation is 1. The van der Waals surface area contributed by atoms with E-state index >= 15 is 0 Å². The lowest BCUT2D eigenvalue weighted by molar-refractivity contribution is 0.199. The summed E-state index contributed by atoms with van der Waals surface area (Å²) in [5.74, 6) is 0. The van der Waals surface area contributed by atoms with Crippen molar-refractivity contribution in [1.29, 1.82) is 0 Å². The summed E-state index contributed by atoms with van der Waals surface area (Å²) in [5, 5.41) is 7.84. The first kappa shape index (κ1) is 13.6. The molecule has 1 aliphatic heterocycles. The van der Waals surface area contributed by atoms with E-state index < -0.39 is 0 Å². The van der Waals surface area contributed by atoms with E-state index in [1.165, 1.54) is 51.1 Å². The molecule has 2 rings (SSSR count). The van der Waals surface area contributed by atoms with E-state index in [0.29, 0.717) is 0 Å². The van der Waals surface area contributed by atoms with Gasteiger partial charge in [-0.05, 0) is 45.0 Å². The standard InChI is InChI=1S/C14H26N4/c1-3-8-15-13-5-10-18(11-6-13)12-7-14-4-9-16-17(14)2/h4,9,13,15H,3,5-8,10-12H2,1-2H3. The molecule has 0 aromatic carbocycles. The normalized spacial score (nSPS) is 18.3. The average Bonchev–Trinajstić information content (AvgIpc) is 2.81. The molecule has 1 aromatic rings. The first-order valence-electron chi connectivity index (χ1n) is 7.22. The Morgan fingerprint density at radius 3 is 2.78 bits per heavy atom. The van der Waals surface area contributed by atoms with Crippen molar-refractivity contribution in [2.75, 3.05) is 26.2 Å². The highest BCUT2D eigenvalue weighted by Crippen LogP contribution is 2.11.